The van der Waals surface area contributed by atoms with Gasteiger partial charge in [-0.3, -0.25) is 0 Å². The van der Waals surface area contributed by atoms with Crippen LogP contribution in [0.1, 0.15) is 32.2 Å². The molecule has 1 aromatic heterocycles. The van der Waals surface area contributed by atoms with Gasteiger partial charge in [0.15, 0.2) is 0 Å². The summed E-state index contributed by atoms with van der Waals surface area (Å²) in [5.74, 6) is 0.617. The quantitative estimate of drug-likeness (QED) is 0.919. The van der Waals surface area contributed by atoms with Crippen LogP contribution in [0.5, 0.6) is 0 Å². The van der Waals surface area contributed by atoms with Gasteiger partial charge < -0.3 is 5.32 Å². The summed E-state index contributed by atoms with van der Waals surface area (Å²) in [5, 5.41) is 7.55. The summed E-state index contributed by atoms with van der Waals surface area (Å²) in [6.45, 7) is 7.46. The first-order valence-corrected chi connectivity index (χ1v) is 6.30. The van der Waals surface area contributed by atoms with E-state index in [4.69, 9.17) is 0 Å². The van der Waals surface area contributed by atoms with Crippen molar-refractivity contribution in [3.63, 3.8) is 0 Å². The van der Waals surface area contributed by atoms with Crippen LogP contribution in [0.4, 0.5) is 4.39 Å². The third-order valence-corrected chi connectivity index (χ3v) is 2.69. The number of hydrogen-bond acceptors (Lipinski definition) is 3. The molecule has 2 rings (SSSR count). The van der Waals surface area contributed by atoms with E-state index in [2.05, 4.69) is 36.2 Å². The molecule has 19 heavy (non-hydrogen) atoms. The molecule has 0 fully saturated rings. The lowest BCUT2D eigenvalue weighted by Gasteiger charge is -2.20. The van der Waals surface area contributed by atoms with Gasteiger partial charge in [0.25, 0.3) is 0 Å². The highest BCUT2D eigenvalue weighted by molar-refractivity contribution is 5.16. The molecule has 1 N–H and O–H groups in total. The maximum absolute atomic E-state index is 13.1. The summed E-state index contributed by atoms with van der Waals surface area (Å²) in [6, 6.07) is 6.54. The maximum atomic E-state index is 13.1. The van der Waals surface area contributed by atoms with E-state index in [0.29, 0.717) is 13.1 Å². The van der Waals surface area contributed by atoms with Gasteiger partial charge in [-0.15, -0.1) is 0 Å². The third kappa shape index (κ3) is 4.13. The van der Waals surface area contributed by atoms with Gasteiger partial charge >= 0.3 is 0 Å². The fourth-order valence-electron chi connectivity index (χ4n) is 1.71. The smallest absolute Gasteiger partial charge is 0.141 e. The van der Waals surface area contributed by atoms with Gasteiger partial charge in [0.05, 0.1) is 13.1 Å². The molecule has 0 radical (unpaired) electrons. The monoisotopic (exact) mass is 262 g/mol. The van der Waals surface area contributed by atoms with Gasteiger partial charge in [-0.1, -0.05) is 12.1 Å². The van der Waals surface area contributed by atoms with Crippen molar-refractivity contribution in [1.29, 1.82) is 0 Å². The average Bonchev–Trinajstić information content (AvgIpc) is 2.73. The van der Waals surface area contributed by atoms with E-state index in [1.54, 1.807) is 10.7 Å². The van der Waals surface area contributed by atoms with Crippen molar-refractivity contribution in [1.82, 2.24) is 20.1 Å². The zero-order valence-electron chi connectivity index (χ0n) is 11.5. The van der Waals surface area contributed by atoms with E-state index >= 15 is 0 Å². The summed E-state index contributed by atoms with van der Waals surface area (Å²) in [5.41, 5.74) is 0.901. The second-order valence-corrected chi connectivity index (χ2v) is 5.57. The molecule has 1 aromatic carbocycles. The van der Waals surface area contributed by atoms with E-state index < -0.39 is 0 Å². The minimum atomic E-state index is -0.230. The van der Waals surface area contributed by atoms with Gasteiger partial charge in [-0.05, 0) is 38.5 Å². The van der Waals surface area contributed by atoms with E-state index in [9.17, 15) is 4.39 Å². The van der Waals surface area contributed by atoms with Crippen LogP contribution in [-0.2, 0) is 13.1 Å². The highest BCUT2D eigenvalue weighted by Gasteiger charge is 2.11. The Morgan fingerprint density at radius 3 is 2.79 bits per heavy atom. The van der Waals surface area contributed by atoms with Crippen LogP contribution >= 0.6 is 0 Å². The van der Waals surface area contributed by atoms with Gasteiger partial charge in [-0.2, -0.15) is 5.10 Å². The first kappa shape index (κ1) is 13.7. The fraction of sp³-hybridized carbons (Fsp3) is 0.429. The fourth-order valence-corrected chi connectivity index (χ4v) is 1.71. The molecule has 4 nitrogen and oxygen atoms in total. The number of rotatable bonds is 4. The van der Waals surface area contributed by atoms with Crippen LogP contribution < -0.4 is 5.32 Å². The summed E-state index contributed by atoms with van der Waals surface area (Å²) in [6.07, 6.45) is 1.53. The van der Waals surface area contributed by atoms with Crippen molar-refractivity contribution < 1.29 is 4.39 Å². The lowest BCUT2D eigenvalue weighted by molar-refractivity contribution is 0.410. The van der Waals surface area contributed by atoms with Crippen LogP contribution in [0.25, 0.3) is 0 Å². The molecule has 0 aliphatic carbocycles. The summed E-state index contributed by atoms with van der Waals surface area (Å²) in [4.78, 5) is 4.23. The first-order chi connectivity index (χ1) is 8.94. The number of benzene rings is 1. The Bertz CT molecular complexity index is 542. The Hall–Kier alpha value is -1.75. The summed E-state index contributed by atoms with van der Waals surface area (Å²) in [7, 11) is 0. The summed E-state index contributed by atoms with van der Waals surface area (Å²) < 4.78 is 14.9. The Labute approximate surface area is 112 Å². The SMILES string of the molecule is CC(C)(C)NCc1ncnn1Cc1cccc(F)c1. The van der Waals surface area contributed by atoms with Crippen LogP contribution in [0, 0.1) is 5.82 Å². The van der Waals surface area contributed by atoms with Gasteiger partial charge in [0.1, 0.15) is 18.0 Å². The third-order valence-electron chi connectivity index (χ3n) is 2.69. The number of halogens is 1. The second kappa shape index (κ2) is 5.48. The van der Waals surface area contributed by atoms with Gasteiger partial charge in [0.2, 0.25) is 0 Å². The molecular formula is C14H19FN4. The Balaban J connectivity index is 2.07. The molecule has 0 amide bonds. The second-order valence-electron chi connectivity index (χ2n) is 5.57. The molecule has 0 atom stereocenters. The van der Waals surface area contributed by atoms with E-state index in [1.807, 2.05) is 6.07 Å². The highest BCUT2D eigenvalue weighted by atomic mass is 19.1. The molecule has 0 saturated heterocycles. The number of nitrogens with one attached hydrogen (secondary N) is 1. The molecule has 0 bridgehead atoms. The molecule has 0 saturated carbocycles. The molecule has 0 aliphatic heterocycles. The van der Waals surface area contributed by atoms with Crippen LogP contribution in [0.3, 0.4) is 0 Å². The predicted octanol–water partition coefficient (Wildman–Crippen LogP) is 2.35. The zero-order chi connectivity index (χ0) is 13.9. The molecule has 2 aromatic rings. The zero-order valence-corrected chi connectivity index (χ0v) is 11.5. The molecule has 0 spiro atoms. The highest BCUT2D eigenvalue weighted by Crippen LogP contribution is 2.07. The minimum absolute atomic E-state index is 0.0234. The topological polar surface area (TPSA) is 42.7 Å². The summed E-state index contributed by atoms with van der Waals surface area (Å²) >= 11 is 0. The van der Waals surface area contributed by atoms with E-state index in [-0.39, 0.29) is 11.4 Å². The molecule has 1 heterocycles. The van der Waals surface area contributed by atoms with Crippen LogP contribution in [0.15, 0.2) is 30.6 Å². The maximum Gasteiger partial charge on any atom is 0.141 e. The average molecular weight is 262 g/mol. The first-order valence-electron chi connectivity index (χ1n) is 6.30. The number of nitrogens with zero attached hydrogens (tertiary/aromatic N) is 3. The lowest BCUT2D eigenvalue weighted by Crippen LogP contribution is -2.36. The van der Waals surface area contributed by atoms with Gasteiger partial charge in [0, 0.05) is 5.54 Å². The minimum Gasteiger partial charge on any atom is -0.305 e. The van der Waals surface area contributed by atoms with Crippen molar-refractivity contribution in [3.05, 3.63) is 47.8 Å². The van der Waals surface area contributed by atoms with E-state index in [0.717, 1.165) is 11.4 Å². The Kier molecular flexibility index (Phi) is 3.95. The van der Waals surface area contributed by atoms with Crippen molar-refractivity contribution in [2.45, 2.75) is 39.4 Å². The Morgan fingerprint density at radius 1 is 1.32 bits per heavy atom. The van der Waals surface area contributed by atoms with Crippen LogP contribution in [0.2, 0.25) is 0 Å². The van der Waals surface area contributed by atoms with Gasteiger partial charge in [-0.25, -0.2) is 14.1 Å². The largest absolute Gasteiger partial charge is 0.305 e. The van der Waals surface area contributed by atoms with Crippen molar-refractivity contribution >= 4 is 0 Å². The standard InChI is InChI=1S/C14H19FN4/c1-14(2,3)17-8-13-16-10-18-19(13)9-11-5-4-6-12(15)7-11/h4-7,10,17H,8-9H2,1-3H3. The van der Waals surface area contributed by atoms with Crippen molar-refractivity contribution in [2.75, 3.05) is 0 Å². The number of hydrogen-bond donors (Lipinski definition) is 1. The molecule has 102 valence electrons. The molecule has 0 aliphatic rings. The predicted molar refractivity (Wildman–Crippen MR) is 72.1 cm³/mol. The van der Waals surface area contributed by atoms with Crippen LogP contribution in [-0.4, -0.2) is 20.3 Å². The molecule has 5 heteroatoms. The van der Waals surface area contributed by atoms with Crippen molar-refractivity contribution in [3.8, 4) is 0 Å². The number of aromatic nitrogens is 3. The lowest BCUT2D eigenvalue weighted by atomic mass is 10.1. The Morgan fingerprint density at radius 2 is 2.11 bits per heavy atom. The molecular weight excluding hydrogens is 243 g/mol. The molecule has 0 unspecified atom stereocenters. The van der Waals surface area contributed by atoms with E-state index in [1.165, 1.54) is 18.5 Å². The normalized spacial score (nSPS) is 11.8. The van der Waals surface area contributed by atoms with Crippen molar-refractivity contribution in [2.24, 2.45) is 0 Å².